The molecule has 3 aromatic carbocycles. The van der Waals surface area contributed by atoms with E-state index in [-0.39, 0.29) is 30.9 Å². The Morgan fingerprint density at radius 3 is 2.33 bits per heavy atom. The fraction of sp³-hybridized carbons (Fsp3) is 0.185. The van der Waals surface area contributed by atoms with Crippen LogP contribution < -0.4 is 20.9 Å². The van der Waals surface area contributed by atoms with Crippen LogP contribution in [0.3, 0.4) is 0 Å². The number of nitrogens with zero attached hydrogens (tertiary/aromatic N) is 1. The molecule has 0 bridgehead atoms. The highest BCUT2D eigenvalue weighted by molar-refractivity contribution is 5.87. The number of nitriles is 1. The van der Waals surface area contributed by atoms with E-state index < -0.39 is 12.1 Å². The van der Waals surface area contributed by atoms with Crippen LogP contribution in [0.25, 0.3) is 6.08 Å². The fourth-order valence-corrected chi connectivity index (χ4v) is 3.13. The number of carbonyl (C=O) groups excluding carboxylic acids is 1. The van der Waals surface area contributed by atoms with Crippen LogP contribution in [-0.4, -0.2) is 19.2 Å². The Balaban J connectivity index is 1.49. The molecule has 0 aliphatic heterocycles. The molecule has 0 aliphatic carbocycles. The van der Waals surface area contributed by atoms with Crippen molar-refractivity contribution < 1.29 is 27.8 Å². The maximum Gasteiger partial charge on any atom is 0.426 e. The van der Waals surface area contributed by atoms with Crippen molar-refractivity contribution in [2.45, 2.75) is 19.0 Å². The van der Waals surface area contributed by atoms with Crippen molar-refractivity contribution >= 4 is 23.4 Å². The summed E-state index contributed by atoms with van der Waals surface area (Å²) in [7, 11) is 0. The highest BCUT2D eigenvalue weighted by Crippen LogP contribution is 2.32. The van der Waals surface area contributed by atoms with Gasteiger partial charge in [0.25, 0.3) is 0 Å². The van der Waals surface area contributed by atoms with Gasteiger partial charge in [-0.25, -0.2) is 4.79 Å². The first kappa shape index (κ1) is 26.0. The van der Waals surface area contributed by atoms with Crippen molar-refractivity contribution in [2.75, 3.05) is 24.7 Å². The van der Waals surface area contributed by atoms with E-state index in [9.17, 15) is 13.6 Å². The van der Waals surface area contributed by atoms with Crippen molar-refractivity contribution in [2.24, 2.45) is 0 Å². The predicted molar refractivity (Wildman–Crippen MR) is 132 cm³/mol. The van der Waals surface area contributed by atoms with Crippen LogP contribution in [0.2, 0.25) is 0 Å². The molecule has 0 fully saturated rings. The smallest absolute Gasteiger partial charge is 0.426 e. The summed E-state index contributed by atoms with van der Waals surface area (Å²) < 4.78 is 44.4. The van der Waals surface area contributed by atoms with Gasteiger partial charge in [-0.15, -0.1) is 0 Å². The standard InChI is InChI=1S/C27H25F2N3O4/c28-27(29,21-6-11-23(12-7-21)34-16-1-15-30)36-24-9-2-19(3-10-24)4-13-26(33)35-17-14-20-5-8-22(31)18-25(20)32/h2-13,18H,1,14,16-17,31-32H2/b13-4+. The van der Waals surface area contributed by atoms with Crippen LogP contribution in [0.4, 0.5) is 20.2 Å². The minimum absolute atomic E-state index is 0.0461. The molecule has 0 radical (unpaired) electrons. The normalized spacial score (nSPS) is 11.1. The van der Waals surface area contributed by atoms with E-state index in [4.69, 9.17) is 30.9 Å². The second-order valence-corrected chi connectivity index (χ2v) is 7.68. The van der Waals surface area contributed by atoms with Gasteiger partial charge in [-0.1, -0.05) is 18.2 Å². The summed E-state index contributed by atoms with van der Waals surface area (Å²) in [4.78, 5) is 11.9. The lowest BCUT2D eigenvalue weighted by Crippen LogP contribution is -2.21. The monoisotopic (exact) mass is 493 g/mol. The molecule has 0 aromatic heterocycles. The number of nitrogens with two attached hydrogens (primary N) is 2. The number of esters is 1. The summed E-state index contributed by atoms with van der Waals surface area (Å²) >= 11 is 0. The van der Waals surface area contributed by atoms with Crippen LogP contribution in [0.15, 0.2) is 72.8 Å². The molecule has 3 aromatic rings. The van der Waals surface area contributed by atoms with Gasteiger partial charge in [0.2, 0.25) is 0 Å². The Morgan fingerprint density at radius 2 is 1.67 bits per heavy atom. The van der Waals surface area contributed by atoms with Gasteiger partial charge in [0, 0.05) is 23.9 Å². The molecule has 36 heavy (non-hydrogen) atoms. The number of benzene rings is 3. The van der Waals surface area contributed by atoms with Crippen molar-refractivity contribution in [3.8, 4) is 17.6 Å². The highest BCUT2D eigenvalue weighted by Gasteiger charge is 2.34. The van der Waals surface area contributed by atoms with E-state index in [1.165, 1.54) is 60.7 Å². The maximum absolute atomic E-state index is 14.5. The van der Waals surface area contributed by atoms with E-state index in [2.05, 4.69) is 0 Å². The van der Waals surface area contributed by atoms with Crippen LogP contribution in [0, 0.1) is 11.3 Å². The average Bonchev–Trinajstić information content (AvgIpc) is 2.85. The summed E-state index contributed by atoms with van der Waals surface area (Å²) in [6.45, 7) is 0.326. The lowest BCUT2D eigenvalue weighted by Gasteiger charge is -2.18. The van der Waals surface area contributed by atoms with E-state index >= 15 is 0 Å². The molecule has 9 heteroatoms. The van der Waals surface area contributed by atoms with Gasteiger partial charge >= 0.3 is 12.1 Å². The molecule has 3 rings (SSSR count). The molecular weight excluding hydrogens is 468 g/mol. The second kappa shape index (κ2) is 12.2. The van der Waals surface area contributed by atoms with Gasteiger partial charge in [0.05, 0.1) is 24.7 Å². The maximum atomic E-state index is 14.5. The lowest BCUT2D eigenvalue weighted by atomic mass is 10.1. The van der Waals surface area contributed by atoms with Crippen molar-refractivity contribution in [3.05, 3.63) is 89.5 Å². The first-order valence-corrected chi connectivity index (χ1v) is 11.0. The molecule has 0 unspecified atom stereocenters. The molecule has 0 amide bonds. The Morgan fingerprint density at radius 1 is 0.972 bits per heavy atom. The molecule has 186 valence electrons. The zero-order valence-electron chi connectivity index (χ0n) is 19.3. The average molecular weight is 494 g/mol. The Kier molecular flexibility index (Phi) is 8.84. The van der Waals surface area contributed by atoms with Crippen LogP contribution in [0.1, 0.15) is 23.1 Å². The third-order valence-electron chi connectivity index (χ3n) is 5.00. The number of halogens is 2. The minimum Gasteiger partial charge on any atom is -0.493 e. The number of carbonyl (C=O) groups is 1. The van der Waals surface area contributed by atoms with Gasteiger partial charge in [-0.3, -0.25) is 0 Å². The summed E-state index contributed by atoms with van der Waals surface area (Å²) in [5, 5.41) is 8.51. The number of alkyl halides is 2. The van der Waals surface area contributed by atoms with Crippen LogP contribution in [0.5, 0.6) is 11.5 Å². The zero-order valence-corrected chi connectivity index (χ0v) is 19.3. The molecule has 0 atom stereocenters. The molecule has 0 saturated carbocycles. The van der Waals surface area contributed by atoms with Crippen molar-refractivity contribution in [1.29, 1.82) is 5.26 Å². The molecule has 4 N–H and O–H groups in total. The third kappa shape index (κ3) is 7.74. The van der Waals surface area contributed by atoms with E-state index in [1.54, 1.807) is 18.2 Å². The molecule has 0 saturated heterocycles. The molecular formula is C27H25F2N3O4. The number of hydrogen-bond acceptors (Lipinski definition) is 7. The highest BCUT2D eigenvalue weighted by atomic mass is 19.3. The van der Waals surface area contributed by atoms with Crippen LogP contribution in [-0.2, 0) is 22.1 Å². The summed E-state index contributed by atoms with van der Waals surface area (Å²) in [5.74, 6) is -0.208. The molecule has 0 heterocycles. The van der Waals surface area contributed by atoms with Gasteiger partial charge in [-0.2, -0.15) is 14.0 Å². The predicted octanol–water partition coefficient (Wildman–Crippen LogP) is 5.07. The number of anilines is 2. The third-order valence-corrected chi connectivity index (χ3v) is 5.00. The summed E-state index contributed by atoms with van der Waals surface area (Å²) in [6.07, 6.45) is -0.166. The number of hydrogen-bond donors (Lipinski definition) is 2. The Hall–Kier alpha value is -4.58. The molecule has 0 aliphatic rings. The largest absolute Gasteiger partial charge is 0.493 e. The summed E-state index contributed by atoms with van der Waals surface area (Å²) in [5.41, 5.74) is 13.7. The fourth-order valence-electron chi connectivity index (χ4n) is 3.13. The lowest BCUT2D eigenvalue weighted by molar-refractivity contribution is -0.185. The van der Waals surface area contributed by atoms with Gasteiger partial charge in [0.1, 0.15) is 18.1 Å². The van der Waals surface area contributed by atoms with Gasteiger partial charge < -0.3 is 25.7 Å². The topological polar surface area (TPSA) is 121 Å². The van der Waals surface area contributed by atoms with Gasteiger partial charge in [0.15, 0.2) is 0 Å². The van der Waals surface area contributed by atoms with Crippen molar-refractivity contribution in [1.82, 2.24) is 0 Å². The van der Waals surface area contributed by atoms with Gasteiger partial charge in [-0.05, 0) is 65.7 Å². The molecule has 7 nitrogen and oxygen atoms in total. The van der Waals surface area contributed by atoms with Crippen molar-refractivity contribution in [3.63, 3.8) is 0 Å². The Labute approximate surface area is 207 Å². The Bertz CT molecular complexity index is 1240. The molecule has 0 spiro atoms. The first-order chi connectivity index (χ1) is 17.3. The number of nitrogen functional groups attached to an aromatic ring is 2. The second-order valence-electron chi connectivity index (χ2n) is 7.68. The first-order valence-electron chi connectivity index (χ1n) is 11.0. The zero-order chi connectivity index (χ0) is 26.0. The van der Waals surface area contributed by atoms with E-state index in [0.29, 0.717) is 29.1 Å². The SMILES string of the molecule is N#CCCOc1ccc(C(F)(F)Oc2ccc(/C=C/C(=O)OCCc3ccc(N)cc3N)cc2)cc1. The van der Waals surface area contributed by atoms with Crippen LogP contribution >= 0.6 is 0 Å². The number of ether oxygens (including phenoxy) is 3. The quantitative estimate of drug-likeness (QED) is 0.166. The van der Waals surface area contributed by atoms with E-state index in [1.807, 2.05) is 6.07 Å². The van der Waals surface area contributed by atoms with E-state index in [0.717, 1.165) is 5.56 Å². The summed E-state index contributed by atoms with van der Waals surface area (Å²) in [6, 6.07) is 18.1. The minimum atomic E-state index is -3.57. The number of rotatable bonds is 11.